The number of amides is 1. The first-order valence-corrected chi connectivity index (χ1v) is 10.1. The Morgan fingerprint density at radius 2 is 2.03 bits per heavy atom. The van der Waals surface area contributed by atoms with Crippen LogP contribution in [0, 0.1) is 18.6 Å². The first kappa shape index (κ1) is 18.7. The molecule has 152 valence electrons. The zero-order chi connectivity index (χ0) is 21.0. The van der Waals surface area contributed by atoms with E-state index in [0.29, 0.717) is 22.2 Å². The lowest BCUT2D eigenvalue weighted by molar-refractivity contribution is -0.116. The number of hydrogen-bond acceptors (Lipinski definition) is 5. The SMILES string of the molecule is COc1ccc2nc(-n3nc(C)c4c3NC(=O)C[C@@H]4c3ccc(F)c(F)c3)sc2c1. The maximum atomic E-state index is 13.8. The van der Waals surface area contributed by atoms with Crippen LogP contribution in [-0.2, 0) is 4.79 Å². The summed E-state index contributed by atoms with van der Waals surface area (Å²) in [5, 5.41) is 8.07. The second-order valence-electron chi connectivity index (χ2n) is 7.07. The van der Waals surface area contributed by atoms with Crippen molar-refractivity contribution in [2.24, 2.45) is 0 Å². The molecule has 0 unspecified atom stereocenters. The summed E-state index contributed by atoms with van der Waals surface area (Å²) in [6.07, 6.45) is 0.127. The van der Waals surface area contributed by atoms with E-state index < -0.39 is 17.6 Å². The molecule has 0 bridgehead atoms. The van der Waals surface area contributed by atoms with Crippen LogP contribution < -0.4 is 10.1 Å². The molecule has 9 heteroatoms. The molecule has 1 aliphatic rings. The fraction of sp³-hybridized carbons (Fsp3) is 0.190. The maximum Gasteiger partial charge on any atom is 0.226 e. The number of benzene rings is 2. The van der Waals surface area contributed by atoms with E-state index in [0.717, 1.165) is 33.7 Å². The van der Waals surface area contributed by atoms with Gasteiger partial charge < -0.3 is 10.1 Å². The fourth-order valence-electron chi connectivity index (χ4n) is 3.81. The van der Waals surface area contributed by atoms with Crippen molar-refractivity contribution < 1.29 is 18.3 Å². The molecule has 2 aromatic carbocycles. The molecule has 0 saturated carbocycles. The maximum absolute atomic E-state index is 13.8. The molecule has 5 rings (SSSR count). The van der Waals surface area contributed by atoms with Crippen LogP contribution in [-0.4, -0.2) is 27.8 Å². The van der Waals surface area contributed by atoms with Gasteiger partial charge >= 0.3 is 0 Å². The Hall–Kier alpha value is -3.33. The third-order valence-corrected chi connectivity index (χ3v) is 6.21. The van der Waals surface area contributed by atoms with E-state index in [-0.39, 0.29) is 12.3 Å². The molecule has 2 aromatic heterocycles. The van der Waals surface area contributed by atoms with Crippen LogP contribution in [0.1, 0.15) is 29.2 Å². The van der Waals surface area contributed by atoms with E-state index in [1.165, 1.54) is 17.4 Å². The van der Waals surface area contributed by atoms with Gasteiger partial charge in [0.1, 0.15) is 11.6 Å². The van der Waals surface area contributed by atoms with Gasteiger partial charge in [-0.25, -0.2) is 13.8 Å². The number of hydrogen-bond donors (Lipinski definition) is 1. The van der Waals surface area contributed by atoms with Crippen LogP contribution in [0.2, 0.25) is 0 Å². The van der Waals surface area contributed by atoms with Crippen molar-refractivity contribution in [2.45, 2.75) is 19.3 Å². The summed E-state index contributed by atoms with van der Waals surface area (Å²) >= 11 is 1.42. The van der Waals surface area contributed by atoms with Crippen molar-refractivity contribution >= 4 is 33.3 Å². The molecule has 1 atom stereocenters. The van der Waals surface area contributed by atoms with Gasteiger partial charge in [-0.05, 0) is 42.8 Å². The van der Waals surface area contributed by atoms with Gasteiger partial charge in [-0.3, -0.25) is 4.79 Å². The summed E-state index contributed by atoms with van der Waals surface area (Å²) < 4.78 is 35.0. The van der Waals surface area contributed by atoms with Crippen molar-refractivity contribution in [2.75, 3.05) is 12.4 Å². The Labute approximate surface area is 174 Å². The highest BCUT2D eigenvalue weighted by atomic mass is 32.1. The largest absolute Gasteiger partial charge is 0.497 e. The number of nitrogens with zero attached hydrogens (tertiary/aromatic N) is 3. The van der Waals surface area contributed by atoms with Crippen molar-refractivity contribution in [3.63, 3.8) is 0 Å². The van der Waals surface area contributed by atoms with Crippen LogP contribution in [0.15, 0.2) is 36.4 Å². The Kier molecular flexibility index (Phi) is 4.28. The lowest BCUT2D eigenvalue weighted by atomic mass is 9.86. The zero-order valence-electron chi connectivity index (χ0n) is 16.1. The van der Waals surface area contributed by atoms with Crippen LogP contribution in [0.3, 0.4) is 0 Å². The van der Waals surface area contributed by atoms with Crippen LogP contribution in [0.5, 0.6) is 5.75 Å². The Morgan fingerprint density at radius 3 is 2.80 bits per heavy atom. The first-order valence-electron chi connectivity index (χ1n) is 9.24. The number of halogens is 2. The van der Waals surface area contributed by atoms with Gasteiger partial charge in [-0.15, -0.1) is 0 Å². The van der Waals surface area contributed by atoms with E-state index in [2.05, 4.69) is 15.4 Å². The van der Waals surface area contributed by atoms with Gasteiger partial charge in [0.2, 0.25) is 11.0 Å². The minimum absolute atomic E-state index is 0.127. The van der Waals surface area contributed by atoms with Gasteiger partial charge in [0.05, 0.1) is 23.0 Å². The molecule has 4 aromatic rings. The molecule has 3 heterocycles. The molecule has 0 fully saturated rings. The van der Waals surface area contributed by atoms with Gasteiger partial charge in [0, 0.05) is 17.9 Å². The molecule has 0 spiro atoms. The predicted molar refractivity (Wildman–Crippen MR) is 109 cm³/mol. The minimum atomic E-state index is -0.940. The molecular formula is C21H16F2N4O2S. The fourth-order valence-corrected chi connectivity index (χ4v) is 4.76. The molecule has 30 heavy (non-hydrogen) atoms. The first-order chi connectivity index (χ1) is 14.4. The standard InChI is InChI=1S/C21H16F2N4O2S/c1-10-19-13(11-3-5-14(22)15(23)7-11)9-18(28)25-20(19)27(26-10)21-24-16-6-4-12(29-2)8-17(16)30-21/h3-8,13H,9H2,1-2H3,(H,25,28)/t13-/m1/s1. The smallest absolute Gasteiger partial charge is 0.226 e. The number of fused-ring (bicyclic) bond motifs is 2. The van der Waals surface area contributed by atoms with Crippen molar-refractivity contribution in [1.29, 1.82) is 0 Å². The summed E-state index contributed by atoms with van der Waals surface area (Å²) in [6.45, 7) is 1.83. The molecule has 0 aliphatic carbocycles. The summed E-state index contributed by atoms with van der Waals surface area (Å²) in [7, 11) is 1.60. The topological polar surface area (TPSA) is 69.0 Å². The number of thiazole rings is 1. The summed E-state index contributed by atoms with van der Waals surface area (Å²) in [5.74, 6) is -1.28. The zero-order valence-corrected chi connectivity index (χ0v) is 16.9. The molecule has 6 nitrogen and oxygen atoms in total. The van der Waals surface area contributed by atoms with E-state index in [1.54, 1.807) is 11.8 Å². The van der Waals surface area contributed by atoms with Gasteiger partial charge in [0.15, 0.2) is 11.6 Å². The number of nitrogens with one attached hydrogen (secondary N) is 1. The highest BCUT2D eigenvalue weighted by Crippen LogP contribution is 2.41. The second kappa shape index (κ2) is 6.88. The monoisotopic (exact) mass is 426 g/mol. The molecular weight excluding hydrogens is 410 g/mol. The quantitative estimate of drug-likeness (QED) is 0.522. The third kappa shape index (κ3) is 2.93. The highest BCUT2D eigenvalue weighted by Gasteiger charge is 2.33. The Balaban J connectivity index is 1.65. The van der Waals surface area contributed by atoms with Crippen molar-refractivity contribution in [3.8, 4) is 10.9 Å². The van der Waals surface area contributed by atoms with Gasteiger partial charge in [0.25, 0.3) is 0 Å². The Bertz CT molecular complexity index is 1310. The lowest BCUT2D eigenvalue weighted by Gasteiger charge is -2.24. The van der Waals surface area contributed by atoms with Gasteiger partial charge in [-0.1, -0.05) is 17.4 Å². The van der Waals surface area contributed by atoms with Crippen molar-refractivity contribution in [1.82, 2.24) is 14.8 Å². The average molecular weight is 426 g/mol. The second-order valence-corrected chi connectivity index (χ2v) is 8.08. The number of anilines is 1. The van der Waals surface area contributed by atoms with Crippen molar-refractivity contribution in [3.05, 3.63) is 64.9 Å². The third-order valence-electron chi connectivity index (χ3n) is 5.21. The minimum Gasteiger partial charge on any atom is -0.497 e. The number of carbonyl (C=O) groups excluding carboxylic acids is 1. The van der Waals surface area contributed by atoms with E-state index in [1.807, 2.05) is 25.1 Å². The number of aromatic nitrogens is 3. The van der Waals surface area contributed by atoms with Gasteiger partial charge in [-0.2, -0.15) is 9.78 Å². The summed E-state index contributed by atoms with van der Waals surface area (Å²) in [6, 6.07) is 9.31. The molecule has 1 N–H and O–H groups in total. The molecule has 0 saturated heterocycles. The van der Waals surface area contributed by atoms with E-state index in [9.17, 15) is 13.6 Å². The normalized spacial score (nSPS) is 15.9. The van der Waals surface area contributed by atoms with E-state index in [4.69, 9.17) is 4.74 Å². The molecule has 1 amide bonds. The predicted octanol–water partition coefficient (Wildman–Crippen LogP) is 4.55. The Morgan fingerprint density at radius 1 is 1.20 bits per heavy atom. The number of rotatable bonds is 3. The molecule has 1 aliphatic heterocycles. The van der Waals surface area contributed by atoms with E-state index >= 15 is 0 Å². The van der Waals surface area contributed by atoms with Crippen LogP contribution in [0.25, 0.3) is 15.3 Å². The summed E-state index contributed by atoms with van der Waals surface area (Å²) in [5.41, 5.74) is 2.78. The number of methoxy groups -OCH3 is 1. The average Bonchev–Trinajstić information content (AvgIpc) is 3.29. The number of carbonyl (C=O) groups is 1. The number of aryl methyl sites for hydroxylation is 1. The summed E-state index contributed by atoms with van der Waals surface area (Å²) in [4.78, 5) is 17.1. The highest BCUT2D eigenvalue weighted by molar-refractivity contribution is 7.20. The van der Waals surface area contributed by atoms with Crippen LogP contribution in [0.4, 0.5) is 14.6 Å². The van der Waals surface area contributed by atoms with Crippen LogP contribution >= 0.6 is 11.3 Å². The molecule has 0 radical (unpaired) electrons. The lowest BCUT2D eigenvalue weighted by Crippen LogP contribution is -2.25. The number of ether oxygens (including phenoxy) is 1.